The summed E-state index contributed by atoms with van der Waals surface area (Å²) in [5.74, 6) is 0.517. The molecule has 0 bridgehead atoms. The highest BCUT2D eigenvalue weighted by Crippen LogP contribution is 2.27. The third-order valence-corrected chi connectivity index (χ3v) is 5.99. The highest BCUT2D eigenvalue weighted by molar-refractivity contribution is 7.99. The second-order valence-electron chi connectivity index (χ2n) is 6.54. The van der Waals surface area contributed by atoms with Gasteiger partial charge in [-0.25, -0.2) is 4.79 Å². The molecule has 7 nitrogen and oxygen atoms in total. The summed E-state index contributed by atoms with van der Waals surface area (Å²) in [5, 5.41) is 14.3. The molecule has 0 unspecified atom stereocenters. The average Bonchev–Trinajstić information content (AvgIpc) is 3.33. The number of rotatable bonds is 9. The third-order valence-electron chi connectivity index (χ3n) is 4.16. The van der Waals surface area contributed by atoms with Crippen molar-refractivity contribution in [1.29, 1.82) is 0 Å². The lowest BCUT2D eigenvalue weighted by Gasteiger charge is -2.09. The summed E-state index contributed by atoms with van der Waals surface area (Å²) < 4.78 is 7.02. The Kier molecular flexibility index (Phi) is 7.64. The highest BCUT2D eigenvalue weighted by atomic mass is 32.2. The summed E-state index contributed by atoms with van der Waals surface area (Å²) in [4.78, 5) is 25.3. The number of thioether (sulfide) groups is 1. The number of anilines is 1. The first-order valence-electron chi connectivity index (χ1n) is 9.70. The van der Waals surface area contributed by atoms with Crippen LogP contribution in [0.15, 0.2) is 40.9 Å². The predicted octanol–water partition coefficient (Wildman–Crippen LogP) is 4.63. The molecular formula is C21H24N4O3S2. The number of nitrogens with zero attached hydrogens (tertiary/aromatic N) is 3. The molecule has 0 radical (unpaired) electrons. The molecule has 0 fully saturated rings. The van der Waals surface area contributed by atoms with Crippen LogP contribution in [-0.2, 0) is 16.1 Å². The lowest BCUT2D eigenvalue weighted by molar-refractivity contribution is -0.113. The molecule has 0 aliphatic rings. The van der Waals surface area contributed by atoms with Gasteiger partial charge in [-0.1, -0.05) is 18.7 Å². The number of aromatic nitrogens is 3. The molecule has 0 aliphatic heterocycles. The minimum atomic E-state index is -0.377. The van der Waals surface area contributed by atoms with Crippen LogP contribution in [0.3, 0.4) is 0 Å². The maximum atomic E-state index is 12.4. The maximum absolute atomic E-state index is 12.4. The minimum absolute atomic E-state index is 0.150. The van der Waals surface area contributed by atoms with Gasteiger partial charge in [0.25, 0.3) is 0 Å². The smallest absolute Gasteiger partial charge is 0.338 e. The van der Waals surface area contributed by atoms with Crippen molar-refractivity contribution in [3.8, 4) is 11.4 Å². The molecule has 0 aliphatic carbocycles. The number of esters is 1. The van der Waals surface area contributed by atoms with Gasteiger partial charge in [-0.05, 0) is 50.6 Å². The van der Waals surface area contributed by atoms with Crippen LogP contribution in [0.1, 0.15) is 35.5 Å². The van der Waals surface area contributed by atoms with Gasteiger partial charge in [-0.15, -0.1) is 21.5 Å². The number of amides is 1. The largest absolute Gasteiger partial charge is 0.462 e. The van der Waals surface area contributed by atoms with Crippen LogP contribution >= 0.6 is 23.1 Å². The van der Waals surface area contributed by atoms with E-state index in [0.29, 0.717) is 17.9 Å². The van der Waals surface area contributed by atoms with E-state index in [1.54, 1.807) is 42.5 Å². The summed E-state index contributed by atoms with van der Waals surface area (Å²) in [6, 6.07) is 8.74. The molecule has 158 valence electrons. The van der Waals surface area contributed by atoms with Crippen LogP contribution in [0.4, 0.5) is 5.69 Å². The SMILES string of the molecule is CCCn1c(SCC(=O)Nc2ccc(C(=O)OCC)cc2)nnc1-c1csc(C)c1. The van der Waals surface area contributed by atoms with Crippen molar-refractivity contribution < 1.29 is 14.3 Å². The van der Waals surface area contributed by atoms with Crippen molar-refractivity contribution in [1.82, 2.24) is 14.8 Å². The van der Waals surface area contributed by atoms with Gasteiger partial charge in [0.05, 0.1) is 17.9 Å². The Morgan fingerprint density at radius 2 is 1.97 bits per heavy atom. The summed E-state index contributed by atoms with van der Waals surface area (Å²) >= 11 is 3.04. The second kappa shape index (κ2) is 10.4. The quantitative estimate of drug-likeness (QED) is 0.382. The van der Waals surface area contributed by atoms with Crippen LogP contribution in [0.25, 0.3) is 11.4 Å². The molecule has 1 aromatic carbocycles. The first kappa shape index (κ1) is 22.0. The van der Waals surface area contributed by atoms with Crippen LogP contribution < -0.4 is 5.32 Å². The normalized spacial score (nSPS) is 10.8. The molecule has 0 atom stereocenters. The van der Waals surface area contributed by atoms with Crippen molar-refractivity contribution in [3.05, 3.63) is 46.2 Å². The van der Waals surface area contributed by atoms with E-state index < -0.39 is 0 Å². The Hall–Kier alpha value is -2.65. The fourth-order valence-electron chi connectivity index (χ4n) is 2.83. The third kappa shape index (κ3) is 5.48. The molecule has 9 heteroatoms. The van der Waals surface area contributed by atoms with Crippen LogP contribution in [0, 0.1) is 6.92 Å². The molecule has 0 saturated heterocycles. The van der Waals surface area contributed by atoms with E-state index in [1.165, 1.54) is 16.6 Å². The Balaban J connectivity index is 1.62. The first-order valence-corrected chi connectivity index (χ1v) is 11.6. The van der Waals surface area contributed by atoms with Crippen molar-refractivity contribution >= 4 is 40.7 Å². The highest BCUT2D eigenvalue weighted by Gasteiger charge is 2.16. The summed E-state index contributed by atoms with van der Waals surface area (Å²) in [7, 11) is 0. The second-order valence-corrected chi connectivity index (χ2v) is 8.60. The molecular weight excluding hydrogens is 420 g/mol. The van der Waals surface area contributed by atoms with E-state index in [9.17, 15) is 9.59 Å². The molecule has 2 aromatic heterocycles. The number of hydrogen-bond acceptors (Lipinski definition) is 7. The Bertz CT molecular complexity index is 1010. The molecule has 30 heavy (non-hydrogen) atoms. The van der Waals surface area contributed by atoms with Gasteiger partial charge in [0, 0.05) is 28.1 Å². The van der Waals surface area contributed by atoms with Crippen LogP contribution in [0.2, 0.25) is 0 Å². The zero-order valence-corrected chi connectivity index (χ0v) is 18.8. The van der Waals surface area contributed by atoms with E-state index in [0.717, 1.165) is 29.5 Å². The lowest BCUT2D eigenvalue weighted by Crippen LogP contribution is -2.15. The molecule has 1 amide bonds. The summed E-state index contributed by atoms with van der Waals surface area (Å²) in [6.45, 7) is 7.04. The van der Waals surface area contributed by atoms with E-state index in [-0.39, 0.29) is 17.6 Å². The van der Waals surface area contributed by atoms with Crippen molar-refractivity contribution in [2.45, 2.75) is 38.9 Å². The molecule has 0 saturated carbocycles. The molecule has 2 heterocycles. The molecule has 3 aromatic rings. The molecule has 1 N–H and O–H groups in total. The van der Waals surface area contributed by atoms with Gasteiger partial charge in [-0.3, -0.25) is 4.79 Å². The Labute approximate surface area is 183 Å². The predicted molar refractivity (Wildman–Crippen MR) is 120 cm³/mol. The molecule has 3 rings (SSSR count). The number of benzene rings is 1. The average molecular weight is 445 g/mol. The fraction of sp³-hybridized carbons (Fsp3) is 0.333. The van der Waals surface area contributed by atoms with Gasteiger partial charge in [0.1, 0.15) is 0 Å². The summed E-state index contributed by atoms with van der Waals surface area (Å²) in [6.07, 6.45) is 0.945. The molecule has 0 spiro atoms. The number of nitrogens with one attached hydrogen (secondary N) is 1. The summed E-state index contributed by atoms with van der Waals surface area (Å²) in [5.41, 5.74) is 2.13. The van der Waals surface area contributed by atoms with Crippen molar-refractivity contribution in [2.75, 3.05) is 17.7 Å². The number of hydrogen-bond donors (Lipinski definition) is 1. The lowest BCUT2D eigenvalue weighted by atomic mass is 10.2. The fourth-order valence-corrected chi connectivity index (χ4v) is 4.27. The van der Waals surface area contributed by atoms with Crippen molar-refractivity contribution in [3.63, 3.8) is 0 Å². The van der Waals surface area contributed by atoms with Gasteiger partial charge < -0.3 is 14.6 Å². The zero-order chi connectivity index (χ0) is 21.5. The van der Waals surface area contributed by atoms with Gasteiger partial charge in [-0.2, -0.15) is 0 Å². The zero-order valence-electron chi connectivity index (χ0n) is 17.2. The van der Waals surface area contributed by atoms with Crippen LogP contribution in [-0.4, -0.2) is 39.0 Å². The van der Waals surface area contributed by atoms with Gasteiger partial charge in [0.2, 0.25) is 5.91 Å². The van der Waals surface area contributed by atoms with E-state index >= 15 is 0 Å². The van der Waals surface area contributed by atoms with Gasteiger partial charge in [0.15, 0.2) is 11.0 Å². The van der Waals surface area contributed by atoms with E-state index in [1.807, 2.05) is 0 Å². The number of ether oxygens (including phenoxy) is 1. The maximum Gasteiger partial charge on any atom is 0.338 e. The number of thiophene rings is 1. The van der Waals surface area contributed by atoms with Crippen LogP contribution in [0.5, 0.6) is 0 Å². The van der Waals surface area contributed by atoms with E-state index in [4.69, 9.17) is 4.74 Å². The topological polar surface area (TPSA) is 86.1 Å². The van der Waals surface area contributed by atoms with Gasteiger partial charge >= 0.3 is 5.97 Å². The minimum Gasteiger partial charge on any atom is -0.462 e. The Morgan fingerprint density at radius 1 is 1.20 bits per heavy atom. The van der Waals surface area contributed by atoms with E-state index in [2.05, 4.69) is 45.4 Å². The van der Waals surface area contributed by atoms with Crippen molar-refractivity contribution in [2.24, 2.45) is 0 Å². The monoisotopic (exact) mass is 444 g/mol. The first-order chi connectivity index (χ1) is 14.5. The Morgan fingerprint density at radius 3 is 2.60 bits per heavy atom. The number of aryl methyl sites for hydroxylation is 1. The number of carbonyl (C=O) groups excluding carboxylic acids is 2. The number of carbonyl (C=O) groups is 2. The standard InChI is InChI=1S/C21H24N4O3S2/c1-4-10-25-19(16-11-14(3)29-12-16)23-24-21(25)30-13-18(26)22-17-8-6-15(7-9-17)20(27)28-5-2/h6-9,11-12H,4-5,10,13H2,1-3H3,(H,22,26).